The smallest absolute Gasteiger partial charge is 0.374 e. The highest BCUT2D eigenvalue weighted by Crippen LogP contribution is 2.63. The van der Waals surface area contributed by atoms with Crippen LogP contribution in [0.4, 0.5) is 0 Å². The highest BCUT2D eigenvalue weighted by atomic mass is 17.3. The molecule has 0 radical (unpaired) electrons. The first-order valence-electron chi connectivity index (χ1n) is 11.2. The monoisotopic (exact) mass is 428 g/mol. The predicted molar refractivity (Wildman–Crippen MR) is 109 cm³/mol. The Balaban J connectivity index is 1.27. The summed E-state index contributed by atoms with van der Waals surface area (Å²) in [6.07, 6.45) is 3.16. The summed E-state index contributed by atoms with van der Waals surface area (Å²) >= 11 is 0. The van der Waals surface area contributed by atoms with Crippen LogP contribution in [-0.4, -0.2) is 35.9 Å². The summed E-state index contributed by atoms with van der Waals surface area (Å²) in [5.74, 6) is -0.371. The molecular weight excluding hydrogens is 400 g/mol. The topological polar surface area (TPSA) is 76.4 Å². The van der Waals surface area contributed by atoms with E-state index in [9.17, 15) is 4.79 Å². The molecule has 166 valence electrons. The number of benzene rings is 1. The van der Waals surface area contributed by atoms with Crippen LogP contribution in [0.5, 0.6) is 0 Å². The third-order valence-electron chi connectivity index (χ3n) is 7.95. The first-order valence-corrected chi connectivity index (χ1v) is 11.2. The number of carbonyl (C=O) groups excluding carboxylic acids is 1. The number of hydrogen-bond donors (Lipinski definition) is 0. The van der Waals surface area contributed by atoms with Gasteiger partial charge in [0.05, 0.1) is 0 Å². The summed E-state index contributed by atoms with van der Waals surface area (Å²) in [5, 5.41) is 0.868. The van der Waals surface area contributed by atoms with Crippen molar-refractivity contribution in [3.63, 3.8) is 0 Å². The minimum atomic E-state index is -0.812. The lowest BCUT2D eigenvalue weighted by atomic mass is 9.60. The Morgan fingerprint density at radius 3 is 2.81 bits per heavy atom. The van der Waals surface area contributed by atoms with Crippen LogP contribution in [0.2, 0.25) is 0 Å². The van der Waals surface area contributed by atoms with Crippen molar-refractivity contribution in [3.05, 3.63) is 36.1 Å². The number of para-hydroxylation sites is 1. The van der Waals surface area contributed by atoms with Gasteiger partial charge in [0.1, 0.15) is 17.8 Å². The zero-order valence-corrected chi connectivity index (χ0v) is 18.1. The van der Waals surface area contributed by atoms with Crippen molar-refractivity contribution in [2.24, 2.45) is 17.8 Å². The van der Waals surface area contributed by atoms with Crippen LogP contribution in [0.3, 0.4) is 0 Å². The summed E-state index contributed by atoms with van der Waals surface area (Å²) in [6.45, 7) is 6.25. The van der Waals surface area contributed by atoms with Gasteiger partial charge in [0.15, 0.2) is 11.9 Å². The average molecular weight is 428 g/mol. The normalized spacial score (nSPS) is 43.6. The van der Waals surface area contributed by atoms with Crippen molar-refractivity contribution in [3.8, 4) is 0 Å². The van der Waals surface area contributed by atoms with E-state index < -0.39 is 29.2 Å². The van der Waals surface area contributed by atoms with E-state index >= 15 is 0 Å². The predicted octanol–water partition coefficient (Wildman–Crippen LogP) is 4.59. The van der Waals surface area contributed by atoms with Crippen molar-refractivity contribution in [2.75, 3.05) is 6.61 Å². The number of furan rings is 1. The maximum absolute atomic E-state index is 12.8. The number of fused-ring (bicyclic) bond motifs is 3. The second-order valence-corrected chi connectivity index (χ2v) is 10.0. The van der Waals surface area contributed by atoms with E-state index in [0.29, 0.717) is 11.5 Å². The van der Waals surface area contributed by atoms with Gasteiger partial charge in [0.2, 0.25) is 11.5 Å². The van der Waals surface area contributed by atoms with E-state index in [1.54, 1.807) is 6.07 Å². The van der Waals surface area contributed by atoms with Crippen molar-refractivity contribution in [2.45, 2.75) is 69.7 Å². The largest absolute Gasteiger partial charge is 0.457 e. The fourth-order valence-corrected chi connectivity index (χ4v) is 6.31. The molecule has 5 aliphatic rings. The fraction of sp³-hybridized carbons (Fsp3) is 0.625. The van der Waals surface area contributed by atoms with E-state index in [2.05, 4.69) is 6.92 Å². The Labute approximate surface area is 180 Å². The van der Waals surface area contributed by atoms with Gasteiger partial charge in [-0.05, 0) is 57.1 Å². The Hall–Kier alpha value is -1.93. The van der Waals surface area contributed by atoms with Gasteiger partial charge < -0.3 is 18.6 Å². The van der Waals surface area contributed by atoms with Crippen LogP contribution in [-0.2, 0) is 24.0 Å². The Morgan fingerprint density at radius 2 is 1.97 bits per heavy atom. The van der Waals surface area contributed by atoms with Gasteiger partial charge in [-0.2, -0.15) is 0 Å². The van der Waals surface area contributed by atoms with Gasteiger partial charge in [0.25, 0.3) is 0 Å². The van der Waals surface area contributed by atoms with E-state index in [-0.39, 0.29) is 24.2 Å². The quantitative estimate of drug-likeness (QED) is 0.523. The standard InChI is InChI=1S/C24H28O7/c1-14-8-9-19-22(2,13-26-20(25)18-12-15-6-4-5-7-17(15)27-18)28-21-24(19)16(14)10-11-23(3,29-21)30-31-24/h4-7,12,14,16,19,21H,8-11,13H2,1-3H3/t14-,16+,19+,21-,22?,23-,24-/m1/s1. The van der Waals surface area contributed by atoms with Crippen molar-refractivity contribution in [1.29, 1.82) is 0 Å². The molecule has 1 saturated carbocycles. The van der Waals surface area contributed by atoms with E-state index in [4.69, 9.17) is 28.4 Å². The second kappa shape index (κ2) is 6.54. The van der Waals surface area contributed by atoms with Crippen LogP contribution in [0.25, 0.3) is 11.0 Å². The average Bonchev–Trinajstić information content (AvgIpc) is 3.19. The molecular formula is C24H28O7. The van der Waals surface area contributed by atoms with Crippen LogP contribution in [0, 0.1) is 17.8 Å². The molecule has 7 atom stereocenters. The molecule has 0 N–H and O–H groups in total. The van der Waals surface area contributed by atoms with Crippen LogP contribution < -0.4 is 0 Å². The lowest BCUT2D eigenvalue weighted by Gasteiger charge is -2.50. The molecule has 1 spiro atoms. The Bertz CT molecular complexity index is 999. The summed E-state index contributed by atoms with van der Waals surface area (Å²) < 4.78 is 24.2. The van der Waals surface area contributed by atoms with Gasteiger partial charge in [-0.3, -0.25) is 0 Å². The molecule has 1 aromatic carbocycles. The molecule has 5 fully saturated rings. The van der Waals surface area contributed by atoms with E-state index in [1.807, 2.05) is 38.1 Å². The lowest BCUT2D eigenvalue weighted by Crippen LogP contribution is -2.62. The molecule has 2 aromatic rings. The van der Waals surface area contributed by atoms with Gasteiger partial charge in [0, 0.05) is 17.7 Å². The molecule has 4 aliphatic heterocycles. The maximum Gasteiger partial charge on any atom is 0.374 e. The van der Waals surface area contributed by atoms with Crippen LogP contribution >= 0.6 is 0 Å². The van der Waals surface area contributed by atoms with Crippen molar-refractivity contribution < 1.29 is 33.2 Å². The van der Waals surface area contributed by atoms with E-state index in [1.165, 1.54) is 0 Å². The number of esters is 1. The fourth-order valence-electron chi connectivity index (χ4n) is 6.31. The maximum atomic E-state index is 12.8. The lowest BCUT2D eigenvalue weighted by molar-refractivity contribution is -0.541. The summed E-state index contributed by atoms with van der Waals surface area (Å²) in [6, 6.07) is 9.21. The number of hydrogen-bond acceptors (Lipinski definition) is 7. The zero-order chi connectivity index (χ0) is 21.4. The molecule has 4 saturated heterocycles. The van der Waals surface area contributed by atoms with Crippen LogP contribution in [0.15, 0.2) is 34.7 Å². The van der Waals surface area contributed by atoms with Gasteiger partial charge in [-0.25, -0.2) is 14.6 Å². The number of rotatable bonds is 3. The third-order valence-corrected chi connectivity index (χ3v) is 7.95. The molecule has 1 unspecified atom stereocenters. The minimum Gasteiger partial charge on any atom is -0.457 e. The van der Waals surface area contributed by atoms with Gasteiger partial charge in [-0.15, -0.1) is 0 Å². The third kappa shape index (κ3) is 2.76. The molecule has 31 heavy (non-hydrogen) atoms. The number of carbonyl (C=O) groups is 1. The molecule has 1 aliphatic carbocycles. The second-order valence-electron chi connectivity index (χ2n) is 10.0. The van der Waals surface area contributed by atoms with Crippen LogP contribution in [0.1, 0.15) is 57.0 Å². The zero-order valence-electron chi connectivity index (χ0n) is 18.1. The number of ether oxygens (including phenoxy) is 3. The molecule has 7 rings (SSSR count). The summed E-state index contributed by atoms with van der Waals surface area (Å²) in [5.41, 5.74) is -0.752. The van der Waals surface area contributed by atoms with Crippen molar-refractivity contribution in [1.82, 2.24) is 0 Å². The molecule has 1 aromatic heterocycles. The molecule has 7 heteroatoms. The molecule has 0 amide bonds. The summed E-state index contributed by atoms with van der Waals surface area (Å²) in [7, 11) is 0. The SMILES string of the molecule is C[C@@H]1CC[C@H]2C(C)(COC(=O)c3cc4ccccc4o3)O[C@@H]3O[C@@]4(C)CC[C@@H]1[C@]32OO4. The first kappa shape index (κ1) is 19.7. The highest BCUT2D eigenvalue weighted by molar-refractivity contribution is 5.92. The molecule has 5 heterocycles. The van der Waals surface area contributed by atoms with Crippen molar-refractivity contribution >= 4 is 16.9 Å². The highest BCUT2D eigenvalue weighted by Gasteiger charge is 2.74. The Morgan fingerprint density at radius 1 is 1.13 bits per heavy atom. The van der Waals surface area contributed by atoms with Gasteiger partial charge >= 0.3 is 5.97 Å². The molecule has 7 nitrogen and oxygen atoms in total. The van der Waals surface area contributed by atoms with E-state index in [0.717, 1.165) is 31.1 Å². The molecule has 2 bridgehead atoms. The first-order chi connectivity index (χ1) is 14.8. The minimum absolute atomic E-state index is 0.00248. The Kier molecular flexibility index (Phi) is 4.16. The summed E-state index contributed by atoms with van der Waals surface area (Å²) in [4.78, 5) is 24.7. The van der Waals surface area contributed by atoms with Gasteiger partial charge in [-0.1, -0.05) is 25.1 Å².